The molecule has 1 unspecified atom stereocenters. The molecule has 0 saturated heterocycles. The predicted octanol–water partition coefficient (Wildman–Crippen LogP) is 4.81. The Morgan fingerprint density at radius 3 is 2.79 bits per heavy atom. The van der Waals surface area contributed by atoms with E-state index in [4.69, 9.17) is 20.8 Å². The van der Waals surface area contributed by atoms with Gasteiger partial charge < -0.3 is 14.5 Å². The van der Waals surface area contributed by atoms with Crippen molar-refractivity contribution in [3.63, 3.8) is 0 Å². The largest absolute Gasteiger partial charge is 0.495 e. The maximum absolute atomic E-state index is 6.11. The highest BCUT2D eigenvalue weighted by Gasteiger charge is 2.15. The summed E-state index contributed by atoms with van der Waals surface area (Å²) in [5, 5.41) is 4.14. The summed E-state index contributed by atoms with van der Waals surface area (Å²) in [4.78, 5) is 0. The number of methoxy groups -OCH3 is 1. The number of hydrogen-bond acceptors (Lipinski definition) is 3. The Balaban J connectivity index is 2.29. The van der Waals surface area contributed by atoms with Gasteiger partial charge in [0, 0.05) is 11.1 Å². The summed E-state index contributed by atoms with van der Waals surface area (Å²) >= 11 is 6.11. The van der Waals surface area contributed by atoms with Gasteiger partial charge in [-0.05, 0) is 37.1 Å². The van der Waals surface area contributed by atoms with Gasteiger partial charge in [0.05, 0.1) is 25.1 Å². The molecule has 1 heterocycles. The monoisotopic (exact) mass is 279 g/mol. The number of anilines is 1. The maximum atomic E-state index is 6.11. The van der Waals surface area contributed by atoms with Crippen molar-refractivity contribution in [1.29, 1.82) is 0 Å². The summed E-state index contributed by atoms with van der Waals surface area (Å²) in [6.07, 6.45) is 2.60. The number of aryl methyl sites for hydroxylation is 1. The third-order valence-corrected chi connectivity index (χ3v) is 3.51. The highest BCUT2D eigenvalue weighted by molar-refractivity contribution is 6.31. The molecule has 0 amide bonds. The van der Waals surface area contributed by atoms with Crippen LogP contribution in [-0.2, 0) is 0 Å². The molecule has 102 valence electrons. The Labute approximate surface area is 118 Å². The molecule has 19 heavy (non-hydrogen) atoms. The fourth-order valence-electron chi connectivity index (χ4n) is 2.00. The van der Waals surface area contributed by atoms with Gasteiger partial charge in [-0.3, -0.25) is 0 Å². The molecule has 1 atom stereocenters. The molecule has 0 saturated carbocycles. The highest BCUT2D eigenvalue weighted by atomic mass is 35.5. The molecule has 1 N–H and O–H groups in total. The molecule has 0 bridgehead atoms. The molecule has 4 heteroatoms. The van der Waals surface area contributed by atoms with Gasteiger partial charge in [-0.25, -0.2) is 0 Å². The van der Waals surface area contributed by atoms with E-state index in [0.29, 0.717) is 5.02 Å². The average Bonchev–Trinajstić information content (AvgIpc) is 2.93. The molecule has 0 spiro atoms. The summed E-state index contributed by atoms with van der Waals surface area (Å²) in [6.45, 7) is 4.08. The van der Waals surface area contributed by atoms with Gasteiger partial charge in [0.1, 0.15) is 11.5 Å². The Bertz CT molecular complexity index is 537. The second-order valence-corrected chi connectivity index (χ2v) is 4.83. The maximum Gasteiger partial charge on any atom is 0.143 e. The van der Waals surface area contributed by atoms with Crippen molar-refractivity contribution in [2.24, 2.45) is 0 Å². The number of halogens is 1. The van der Waals surface area contributed by atoms with Crippen molar-refractivity contribution in [3.05, 3.63) is 46.9 Å². The first kappa shape index (κ1) is 13.8. The SMILES string of the molecule is CCC(Nc1cc(C)c(Cl)cc1OC)c1ccco1. The topological polar surface area (TPSA) is 34.4 Å². The van der Waals surface area contributed by atoms with Crippen LogP contribution >= 0.6 is 11.6 Å². The molecular formula is C15H18ClNO2. The standard InChI is InChI=1S/C15H18ClNO2/c1-4-12(14-6-5-7-19-14)17-13-8-10(2)11(16)9-15(13)18-3/h5-9,12,17H,4H2,1-3H3. The van der Waals surface area contributed by atoms with E-state index in [9.17, 15) is 0 Å². The number of nitrogens with one attached hydrogen (secondary N) is 1. The Morgan fingerprint density at radius 1 is 1.42 bits per heavy atom. The van der Waals surface area contributed by atoms with Crippen LogP contribution in [0.2, 0.25) is 5.02 Å². The molecule has 0 aliphatic heterocycles. The van der Waals surface area contributed by atoms with Crippen LogP contribution < -0.4 is 10.1 Å². The normalized spacial score (nSPS) is 12.2. The first-order chi connectivity index (χ1) is 9.15. The van der Waals surface area contributed by atoms with Crippen LogP contribution in [0.3, 0.4) is 0 Å². The molecule has 0 aliphatic carbocycles. The van der Waals surface area contributed by atoms with Crippen LogP contribution in [0.5, 0.6) is 5.75 Å². The lowest BCUT2D eigenvalue weighted by molar-refractivity contribution is 0.414. The van der Waals surface area contributed by atoms with Crippen molar-refractivity contribution in [3.8, 4) is 5.75 Å². The molecule has 2 rings (SSSR count). The first-order valence-electron chi connectivity index (χ1n) is 6.29. The van der Waals surface area contributed by atoms with Crippen molar-refractivity contribution >= 4 is 17.3 Å². The summed E-state index contributed by atoms with van der Waals surface area (Å²) in [5.74, 6) is 1.65. The minimum atomic E-state index is 0.115. The lowest BCUT2D eigenvalue weighted by atomic mass is 10.1. The lowest BCUT2D eigenvalue weighted by Gasteiger charge is -2.19. The van der Waals surface area contributed by atoms with E-state index in [1.807, 2.05) is 31.2 Å². The molecule has 3 nitrogen and oxygen atoms in total. The molecule has 1 aromatic heterocycles. The van der Waals surface area contributed by atoms with E-state index >= 15 is 0 Å². The third-order valence-electron chi connectivity index (χ3n) is 3.11. The van der Waals surface area contributed by atoms with Gasteiger partial charge in [-0.2, -0.15) is 0 Å². The fourth-order valence-corrected chi connectivity index (χ4v) is 2.15. The zero-order valence-corrected chi connectivity index (χ0v) is 12.1. The number of benzene rings is 1. The van der Waals surface area contributed by atoms with Gasteiger partial charge in [0.2, 0.25) is 0 Å². The van der Waals surface area contributed by atoms with Crippen LogP contribution in [0.4, 0.5) is 5.69 Å². The summed E-state index contributed by atoms with van der Waals surface area (Å²) in [6, 6.07) is 7.80. The van der Waals surface area contributed by atoms with E-state index in [2.05, 4.69) is 12.2 Å². The second kappa shape index (κ2) is 6.02. The van der Waals surface area contributed by atoms with Gasteiger partial charge in [-0.1, -0.05) is 18.5 Å². The third kappa shape index (κ3) is 3.04. The van der Waals surface area contributed by atoms with E-state index in [-0.39, 0.29) is 6.04 Å². The molecule has 0 aliphatic rings. The van der Waals surface area contributed by atoms with Crippen LogP contribution in [0, 0.1) is 6.92 Å². The van der Waals surface area contributed by atoms with E-state index in [0.717, 1.165) is 29.2 Å². The summed E-state index contributed by atoms with van der Waals surface area (Å²) in [5.41, 5.74) is 1.94. The van der Waals surface area contributed by atoms with Gasteiger partial charge in [-0.15, -0.1) is 0 Å². The average molecular weight is 280 g/mol. The zero-order chi connectivity index (χ0) is 13.8. The zero-order valence-electron chi connectivity index (χ0n) is 11.4. The smallest absolute Gasteiger partial charge is 0.143 e. The molecule has 0 fully saturated rings. The Hall–Kier alpha value is -1.61. The van der Waals surface area contributed by atoms with E-state index in [1.54, 1.807) is 13.4 Å². The van der Waals surface area contributed by atoms with Crippen molar-refractivity contribution < 1.29 is 9.15 Å². The highest BCUT2D eigenvalue weighted by Crippen LogP contribution is 2.34. The fraction of sp³-hybridized carbons (Fsp3) is 0.333. The van der Waals surface area contributed by atoms with Crippen LogP contribution in [0.1, 0.15) is 30.7 Å². The van der Waals surface area contributed by atoms with Crippen molar-refractivity contribution in [1.82, 2.24) is 0 Å². The van der Waals surface area contributed by atoms with Crippen molar-refractivity contribution in [2.45, 2.75) is 26.3 Å². The number of ether oxygens (including phenoxy) is 1. The lowest BCUT2D eigenvalue weighted by Crippen LogP contribution is -2.10. The number of furan rings is 1. The Kier molecular flexibility index (Phi) is 4.38. The molecule has 2 aromatic rings. The first-order valence-corrected chi connectivity index (χ1v) is 6.67. The molecule has 1 aromatic carbocycles. The van der Waals surface area contributed by atoms with Gasteiger partial charge in [0.25, 0.3) is 0 Å². The number of hydrogen-bond donors (Lipinski definition) is 1. The number of rotatable bonds is 5. The molecule has 0 radical (unpaired) electrons. The quantitative estimate of drug-likeness (QED) is 0.852. The second-order valence-electron chi connectivity index (χ2n) is 4.42. The van der Waals surface area contributed by atoms with Gasteiger partial charge >= 0.3 is 0 Å². The summed E-state index contributed by atoms with van der Waals surface area (Å²) in [7, 11) is 1.64. The van der Waals surface area contributed by atoms with Crippen LogP contribution in [-0.4, -0.2) is 7.11 Å². The minimum Gasteiger partial charge on any atom is -0.495 e. The van der Waals surface area contributed by atoms with Crippen LogP contribution in [0.25, 0.3) is 0 Å². The molecular weight excluding hydrogens is 262 g/mol. The van der Waals surface area contributed by atoms with Crippen LogP contribution in [0.15, 0.2) is 34.9 Å². The van der Waals surface area contributed by atoms with E-state index < -0.39 is 0 Å². The summed E-state index contributed by atoms with van der Waals surface area (Å²) < 4.78 is 10.8. The van der Waals surface area contributed by atoms with Crippen molar-refractivity contribution in [2.75, 3.05) is 12.4 Å². The van der Waals surface area contributed by atoms with E-state index in [1.165, 1.54) is 0 Å². The van der Waals surface area contributed by atoms with Gasteiger partial charge in [0.15, 0.2) is 0 Å². The Morgan fingerprint density at radius 2 is 2.21 bits per heavy atom. The predicted molar refractivity (Wildman–Crippen MR) is 78.1 cm³/mol. The minimum absolute atomic E-state index is 0.115.